The average molecular weight is 291 g/mol. The number of thiazole rings is 1. The SMILES string of the molecule is Cc1ncsc1C(=O)N1CCOC[C@@H]1c1cccn1C. The van der Waals surface area contributed by atoms with Crippen molar-refractivity contribution in [2.45, 2.75) is 13.0 Å². The second-order valence-electron chi connectivity index (χ2n) is 4.90. The van der Waals surface area contributed by atoms with Crippen LogP contribution in [0, 0.1) is 6.92 Å². The summed E-state index contributed by atoms with van der Waals surface area (Å²) in [6.45, 7) is 3.62. The van der Waals surface area contributed by atoms with E-state index in [-0.39, 0.29) is 11.9 Å². The number of aryl methyl sites for hydroxylation is 2. The summed E-state index contributed by atoms with van der Waals surface area (Å²) in [5, 5.41) is 0. The van der Waals surface area contributed by atoms with Gasteiger partial charge in [0.25, 0.3) is 5.91 Å². The highest BCUT2D eigenvalue weighted by Gasteiger charge is 2.32. The molecule has 20 heavy (non-hydrogen) atoms. The molecule has 0 saturated carbocycles. The molecule has 1 amide bonds. The lowest BCUT2D eigenvalue weighted by Crippen LogP contribution is -2.44. The van der Waals surface area contributed by atoms with E-state index in [1.165, 1.54) is 11.3 Å². The Kier molecular flexibility index (Phi) is 3.58. The molecule has 0 unspecified atom stereocenters. The van der Waals surface area contributed by atoms with E-state index in [4.69, 9.17) is 4.74 Å². The quantitative estimate of drug-likeness (QED) is 0.850. The fourth-order valence-corrected chi connectivity index (χ4v) is 3.31. The van der Waals surface area contributed by atoms with Crippen molar-refractivity contribution in [2.24, 2.45) is 7.05 Å². The number of rotatable bonds is 2. The second-order valence-corrected chi connectivity index (χ2v) is 5.75. The van der Waals surface area contributed by atoms with E-state index in [1.807, 2.05) is 41.8 Å². The first-order chi connectivity index (χ1) is 9.68. The lowest BCUT2D eigenvalue weighted by Gasteiger charge is -2.35. The van der Waals surface area contributed by atoms with Crippen LogP contribution in [-0.4, -0.2) is 40.1 Å². The molecule has 1 saturated heterocycles. The summed E-state index contributed by atoms with van der Waals surface area (Å²) < 4.78 is 7.61. The highest BCUT2D eigenvalue weighted by molar-refractivity contribution is 7.11. The number of morpholine rings is 1. The van der Waals surface area contributed by atoms with E-state index in [2.05, 4.69) is 4.98 Å². The molecule has 0 N–H and O–H groups in total. The van der Waals surface area contributed by atoms with Crippen LogP contribution in [-0.2, 0) is 11.8 Å². The normalized spacial score (nSPS) is 19.3. The summed E-state index contributed by atoms with van der Waals surface area (Å²) >= 11 is 1.40. The van der Waals surface area contributed by atoms with Gasteiger partial charge in [-0.3, -0.25) is 4.79 Å². The Bertz CT molecular complexity index is 619. The number of hydrogen-bond acceptors (Lipinski definition) is 4. The first-order valence-electron chi connectivity index (χ1n) is 6.58. The van der Waals surface area contributed by atoms with Crippen molar-refractivity contribution in [2.75, 3.05) is 19.8 Å². The van der Waals surface area contributed by atoms with Crippen molar-refractivity contribution in [1.82, 2.24) is 14.5 Å². The van der Waals surface area contributed by atoms with Gasteiger partial charge in [0.05, 0.1) is 30.5 Å². The maximum atomic E-state index is 12.7. The van der Waals surface area contributed by atoms with E-state index in [1.54, 1.807) is 5.51 Å². The van der Waals surface area contributed by atoms with Crippen molar-refractivity contribution >= 4 is 17.2 Å². The molecule has 5 nitrogen and oxygen atoms in total. The lowest BCUT2D eigenvalue weighted by molar-refractivity contribution is -0.00442. The minimum Gasteiger partial charge on any atom is -0.377 e. The number of nitrogens with zero attached hydrogens (tertiary/aromatic N) is 3. The van der Waals surface area contributed by atoms with Crippen molar-refractivity contribution in [3.05, 3.63) is 40.1 Å². The number of hydrogen-bond donors (Lipinski definition) is 0. The fraction of sp³-hybridized carbons (Fsp3) is 0.429. The number of aromatic nitrogens is 2. The summed E-state index contributed by atoms with van der Waals surface area (Å²) in [6.07, 6.45) is 1.99. The molecule has 3 rings (SSSR count). The van der Waals surface area contributed by atoms with Crippen LogP contribution in [0.4, 0.5) is 0 Å². The summed E-state index contributed by atoms with van der Waals surface area (Å²) in [7, 11) is 1.99. The maximum Gasteiger partial charge on any atom is 0.266 e. The summed E-state index contributed by atoms with van der Waals surface area (Å²) in [5.74, 6) is 0.0551. The summed E-state index contributed by atoms with van der Waals surface area (Å²) in [4.78, 5) is 19.5. The van der Waals surface area contributed by atoms with E-state index in [9.17, 15) is 4.79 Å². The standard InChI is InChI=1S/C14H17N3O2S/c1-10-13(20-9-15-10)14(18)17-6-7-19-8-12(17)11-4-3-5-16(11)2/h3-5,9,12H,6-8H2,1-2H3/t12-/m1/s1. The molecule has 2 aromatic rings. The van der Waals surface area contributed by atoms with Crippen molar-refractivity contribution in [1.29, 1.82) is 0 Å². The molecule has 1 aliphatic rings. The van der Waals surface area contributed by atoms with Gasteiger partial charge in [0.1, 0.15) is 4.88 Å². The van der Waals surface area contributed by atoms with Crippen LogP contribution in [0.2, 0.25) is 0 Å². The molecular weight excluding hydrogens is 274 g/mol. The maximum absolute atomic E-state index is 12.7. The number of carbonyl (C=O) groups excluding carboxylic acids is 1. The highest BCUT2D eigenvalue weighted by Crippen LogP contribution is 2.27. The number of amides is 1. The Labute approximate surface area is 121 Å². The topological polar surface area (TPSA) is 47.4 Å². The van der Waals surface area contributed by atoms with Crippen LogP contribution >= 0.6 is 11.3 Å². The molecule has 106 valence electrons. The van der Waals surface area contributed by atoms with Gasteiger partial charge in [-0.1, -0.05) is 0 Å². The van der Waals surface area contributed by atoms with Crippen LogP contribution < -0.4 is 0 Å². The molecule has 1 fully saturated rings. The Morgan fingerprint density at radius 1 is 1.55 bits per heavy atom. The third-order valence-electron chi connectivity index (χ3n) is 3.65. The fourth-order valence-electron chi connectivity index (χ4n) is 2.55. The van der Waals surface area contributed by atoms with Crippen molar-refractivity contribution in [3.8, 4) is 0 Å². The summed E-state index contributed by atoms with van der Waals surface area (Å²) in [5.41, 5.74) is 3.62. The van der Waals surface area contributed by atoms with Gasteiger partial charge in [0, 0.05) is 25.5 Å². The van der Waals surface area contributed by atoms with E-state index < -0.39 is 0 Å². The third-order valence-corrected chi connectivity index (χ3v) is 4.57. The molecule has 1 atom stereocenters. The predicted molar refractivity (Wildman–Crippen MR) is 76.9 cm³/mol. The molecule has 2 aromatic heterocycles. The Hall–Kier alpha value is -1.66. The van der Waals surface area contributed by atoms with Gasteiger partial charge in [-0.05, 0) is 19.1 Å². The third kappa shape index (κ3) is 2.25. The average Bonchev–Trinajstić information content (AvgIpc) is 3.06. The molecule has 3 heterocycles. The monoisotopic (exact) mass is 291 g/mol. The molecule has 0 radical (unpaired) electrons. The molecule has 1 aliphatic heterocycles. The van der Waals surface area contributed by atoms with Crippen molar-refractivity contribution in [3.63, 3.8) is 0 Å². The Morgan fingerprint density at radius 2 is 2.40 bits per heavy atom. The van der Waals surface area contributed by atoms with Gasteiger partial charge in [-0.15, -0.1) is 11.3 Å². The predicted octanol–water partition coefficient (Wildman–Crippen LogP) is 2.00. The smallest absolute Gasteiger partial charge is 0.266 e. The van der Waals surface area contributed by atoms with Gasteiger partial charge < -0.3 is 14.2 Å². The largest absolute Gasteiger partial charge is 0.377 e. The Morgan fingerprint density at radius 3 is 3.05 bits per heavy atom. The number of ether oxygens (including phenoxy) is 1. The van der Waals surface area contributed by atoms with Gasteiger partial charge >= 0.3 is 0 Å². The van der Waals surface area contributed by atoms with Crippen LogP contribution in [0.3, 0.4) is 0 Å². The van der Waals surface area contributed by atoms with Gasteiger partial charge in [0.2, 0.25) is 0 Å². The first-order valence-corrected chi connectivity index (χ1v) is 7.46. The minimum atomic E-state index is -0.0299. The Balaban J connectivity index is 1.92. The zero-order valence-electron chi connectivity index (χ0n) is 11.6. The molecule has 0 spiro atoms. The highest BCUT2D eigenvalue weighted by atomic mass is 32.1. The summed E-state index contributed by atoms with van der Waals surface area (Å²) in [6, 6.07) is 4.00. The molecule has 0 bridgehead atoms. The lowest BCUT2D eigenvalue weighted by atomic mass is 10.1. The van der Waals surface area contributed by atoms with Gasteiger partial charge in [0.15, 0.2) is 0 Å². The zero-order valence-corrected chi connectivity index (χ0v) is 12.4. The second kappa shape index (κ2) is 5.38. The molecular formula is C14H17N3O2S. The van der Waals surface area contributed by atoms with E-state index >= 15 is 0 Å². The van der Waals surface area contributed by atoms with Crippen LogP contribution in [0.5, 0.6) is 0 Å². The molecule has 6 heteroatoms. The van der Waals surface area contributed by atoms with Gasteiger partial charge in [-0.2, -0.15) is 0 Å². The minimum absolute atomic E-state index is 0.0299. The molecule has 0 aromatic carbocycles. The number of carbonyl (C=O) groups is 1. The van der Waals surface area contributed by atoms with E-state index in [0.717, 1.165) is 16.3 Å². The van der Waals surface area contributed by atoms with E-state index in [0.29, 0.717) is 19.8 Å². The first kappa shape index (κ1) is 13.3. The van der Waals surface area contributed by atoms with Crippen LogP contribution in [0.25, 0.3) is 0 Å². The van der Waals surface area contributed by atoms with Crippen LogP contribution in [0.1, 0.15) is 27.1 Å². The molecule has 0 aliphatic carbocycles. The van der Waals surface area contributed by atoms with Crippen molar-refractivity contribution < 1.29 is 9.53 Å². The zero-order chi connectivity index (χ0) is 14.1. The van der Waals surface area contributed by atoms with Gasteiger partial charge in [-0.25, -0.2) is 4.98 Å². The van der Waals surface area contributed by atoms with Crippen LogP contribution in [0.15, 0.2) is 23.8 Å².